The Bertz CT molecular complexity index is 427. The van der Waals surface area contributed by atoms with Crippen LogP contribution in [-0.2, 0) is 13.0 Å². The van der Waals surface area contributed by atoms with Crippen molar-refractivity contribution in [3.8, 4) is 0 Å². The molecule has 1 aliphatic rings. The number of aryl methyl sites for hydroxylation is 1. The maximum Gasteiger partial charge on any atom is 0.185 e. The number of aromatic nitrogens is 1. The first-order valence-electron chi connectivity index (χ1n) is 7.94. The number of hydrogen-bond acceptors (Lipinski definition) is 4. The molecule has 0 aromatic carbocycles. The summed E-state index contributed by atoms with van der Waals surface area (Å²) >= 11 is 1.87. The van der Waals surface area contributed by atoms with Crippen LogP contribution < -0.4 is 10.2 Å². The van der Waals surface area contributed by atoms with Crippen molar-refractivity contribution in [1.82, 2.24) is 10.3 Å². The summed E-state index contributed by atoms with van der Waals surface area (Å²) in [6.07, 6.45) is 3.65. The zero-order valence-electron chi connectivity index (χ0n) is 13.6. The van der Waals surface area contributed by atoms with Crippen molar-refractivity contribution >= 4 is 16.5 Å². The van der Waals surface area contributed by atoms with E-state index in [0.717, 1.165) is 31.3 Å². The van der Waals surface area contributed by atoms with Crippen LogP contribution >= 0.6 is 11.3 Å². The number of nitrogens with one attached hydrogen (secondary N) is 1. The number of anilines is 1. The van der Waals surface area contributed by atoms with E-state index in [2.05, 4.69) is 45.0 Å². The summed E-state index contributed by atoms with van der Waals surface area (Å²) in [5.74, 6) is 1.80. The van der Waals surface area contributed by atoms with E-state index in [1.165, 1.54) is 28.5 Å². The van der Waals surface area contributed by atoms with Gasteiger partial charge in [0.05, 0.1) is 5.69 Å². The van der Waals surface area contributed by atoms with E-state index in [9.17, 15) is 0 Å². The molecule has 1 fully saturated rings. The average Bonchev–Trinajstić information content (AvgIpc) is 2.91. The summed E-state index contributed by atoms with van der Waals surface area (Å²) in [6.45, 7) is 11.1. The van der Waals surface area contributed by atoms with E-state index in [1.807, 2.05) is 11.3 Å². The number of thiazole rings is 1. The average molecular weight is 295 g/mol. The van der Waals surface area contributed by atoms with Crippen LogP contribution in [0.1, 0.15) is 51.1 Å². The Morgan fingerprint density at radius 1 is 1.45 bits per heavy atom. The van der Waals surface area contributed by atoms with Gasteiger partial charge < -0.3 is 10.2 Å². The summed E-state index contributed by atoms with van der Waals surface area (Å²) in [6, 6.07) is 0.528. The van der Waals surface area contributed by atoms with Crippen molar-refractivity contribution in [2.24, 2.45) is 11.8 Å². The molecule has 1 aromatic heterocycles. The van der Waals surface area contributed by atoms with Crippen LogP contribution in [-0.4, -0.2) is 24.6 Å². The predicted molar refractivity (Wildman–Crippen MR) is 88.6 cm³/mol. The first-order valence-corrected chi connectivity index (χ1v) is 8.76. The minimum absolute atomic E-state index is 0.528. The minimum Gasteiger partial charge on any atom is -0.351 e. The number of rotatable bonds is 8. The van der Waals surface area contributed by atoms with Crippen LogP contribution in [0.4, 0.5) is 5.13 Å². The van der Waals surface area contributed by atoms with E-state index < -0.39 is 0 Å². The van der Waals surface area contributed by atoms with Crippen molar-refractivity contribution in [1.29, 1.82) is 0 Å². The molecule has 4 heteroatoms. The minimum atomic E-state index is 0.528. The van der Waals surface area contributed by atoms with Gasteiger partial charge in [0.15, 0.2) is 5.13 Å². The molecule has 1 aliphatic carbocycles. The summed E-state index contributed by atoms with van der Waals surface area (Å²) in [7, 11) is 2.19. The zero-order chi connectivity index (χ0) is 14.7. The highest BCUT2D eigenvalue weighted by Gasteiger charge is 2.33. The van der Waals surface area contributed by atoms with Crippen molar-refractivity contribution in [3.05, 3.63) is 10.6 Å². The Balaban J connectivity index is 2.02. The third-order valence-corrected chi connectivity index (χ3v) is 5.25. The van der Waals surface area contributed by atoms with E-state index >= 15 is 0 Å². The lowest BCUT2D eigenvalue weighted by Crippen LogP contribution is -2.21. The lowest BCUT2D eigenvalue weighted by atomic mass is 10.2. The molecule has 0 spiro atoms. The number of nitrogens with zero attached hydrogens (tertiary/aromatic N) is 2. The van der Waals surface area contributed by atoms with Crippen LogP contribution in [0.25, 0.3) is 0 Å². The van der Waals surface area contributed by atoms with Crippen LogP contribution in [0.3, 0.4) is 0 Å². The van der Waals surface area contributed by atoms with E-state index in [-0.39, 0.29) is 0 Å². The standard InChI is InChI=1S/C16H29N3S/c1-6-7-14-15(9-17-11(2)3)20-16(18-14)19(5)10-13-8-12(13)4/h11-13,17H,6-10H2,1-5H3. The highest BCUT2D eigenvalue weighted by Crippen LogP contribution is 2.39. The molecule has 1 N–H and O–H groups in total. The van der Waals surface area contributed by atoms with Crippen LogP contribution in [0.2, 0.25) is 0 Å². The smallest absolute Gasteiger partial charge is 0.185 e. The van der Waals surface area contributed by atoms with Gasteiger partial charge in [-0.2, -0.15) is 0 Å². The molecule has 114 valence electrons. The second-order valence-electron chi connectivity index (χ2n) is 6.51. The molecule has 1 heterocycles. The summed E-state index contributed by atoms with van der Waals surface area (Å²) in [5, 5.41) is 4.73. The fourth-order valence-electron chi connectivity index (χ4n) is 2.48. The molecule has 20 heavy (non-hydrogen) atoms. The number of hydrogen-bond donors (Lipinski definition) is 1. The molecule has 1 aromatic rings. The summed E-state index contributed by atoms with van der Waals surface area (Å²) in [4.78, 5) is 8.67. The molecule has 2 unspecified atom stereocenters. The second-order valence-corrected chi connectivity index (χ2v) is 7.57. The summed E-state index contributed by atoms with van der Waals surface area (Å²) in [5.41, 5.74) is 1.30. The maximum atomic E-state index is 4.89. The normalized spacial score (nSPS) is 21.5. The molecular weight excluding hydrogens is 266 g/mol. The van der Waals surface area contributed by atoms with Gasteiger partial charge in [0.25, 0.3) is 0 Å². The van der Waals surface area contributed by atoms with Crippen molar-refractivity contribution in [2.75, 3.05) is 18.5 Å². The van der Waals surface area contributed by atoms with Gasteiger partial charge in [0, 0.05) is 31.1 Å². The molecular formula is C16H29N3S. The largest absolute Gasteiger partial charge is 0.351 e. The van der Waals surface area contributed by atoms with Gasteiger partial charge in [0.2, 0.25) is 0 Å². The molecule has 0 saturated heterocycles. The van der Waals surface area contributed by atoms with E-state index in [4.69, 9.17) is 4.98 Å². The quantitative estimate of drug-likeness (QED) is 0.793. The van der Waals surface area contributed by atoms with Gasteiger partial charge in [-0.15, -0.1) is 11.3 Å². The molecule has 0 bridgehead atoms. The lowest BCUT2D eigenvalue weighted by molar-refractivity contribution is 0.589. The van der Waals surface area contributed by atoms with Gasteiger partial charge in [-0.3, -0.25) is 0 Å². The van der Waals surface area contributed by atoms with Crippen LogP contribution in [0.15, 0.2) is 0 Å². The fourth-order valence-corrected chi connectivity index (χ4v) is 3.51. The molecule has 0 aliphatic heterocycles. The SMILES string of the molecule is CCCc1nc(N(C)CC2CC2C)sc1CNC(C)C. The van der Waals surface area contributed by atoms with Gasteiger partial charge in [-0.25, -0.2) is 4.98 Å². The van der Waals surface area contributed by atoms with Crippen molar-refractivity contribution in [3.63, 3.8) is 0 Å². The lowest BCUT2D eigenvalue weighted by Gasteiger charge is -2.15. The Labute approximate surface area is 127 Å². The Kier molecular flexibility index (Phi) is 5.44. The van der Waals surface area contributed by atoms with Gasteiger partial charge in [0.1, 0.15) is 0 Å². The highest BCUT2D eigenvalue weighted by molar-refractivity contribution is 7.15. The van der Waals surface area contributed by atoms with Crippen LogP contribution in [0.5, 0.6) is 0 Å². The van der Waals surface area contributed by atoms with Gasteiger partial charge >= 0.3 is 0 Å². The molecule has 2 atom stereocenters. The molecule has 0 radical (unpaired) electrons. The Hall–Kier alpha value is -0.610. The second kappa shape index (κ2) is 6.90. The Morgan fingerprint density at radius 2 is 2.15 bits per heavy atom. The monoisotopic (exact) mass is 295 g/mol. The first kappa shape index (κ1) is 15.8. The van der Waals surface area contributed by atoms with E-state index in [1.54, 1.807) is 0 Å². The maximum absolute atomic E-state index is 4.89. The molecule has 0 amide bonds. The van der Waals surface area contributed by atoms with Gasteiger partial charge in [-0.1, -0.05) is 34.1 Å². The highest BCUT2D eigenvalue weighted by atomic mass is 32.1. The topological polar surface area (TPSA) is 28.2 Å². The zero-order valence-corrected chi connectivity index (χ0v) is 14.4. The van der Waals surface area contributed by atoms with Crippen LogP contribution in [0, 0.1) is 11.8 Å². The molecule has 3 nitrogen and oxygen atoms in total. The van der Waals surface area contributed by atoms with Crippen molar-refractivity contribution in [2.45, 2.75) is 59.5 Å². The fraction of sp³-hybridized carbons (Fsp3) is 0.812. The third-order valence-electron chi connectivity index (χ3n) is 4.04. The molecule has 2 rings (SSSR count). The van der Waals surface area contributed by atoms with Gasteiger partial charge in [-0.05, 0) is 24.7 Å². The third kappa shape index (κ3) is 4.19. The Morgan fingerprint density at radius 3 is 2.70 bits per heavy atom. The van der Waals surface area contributed by atoms with E-state index in [0.29, 0.717) is 6.04 Å². The predicted octanol–water partition coefficient (Wildman–Crippen LogP) is 3.69. The summed E-state index contributed by atoms with van der Waals surface area (Å²) < 4.78 is 0. The van der Waals surface area contributed by atoms with Crippen molar-refractivity contribution < 1.29 is 0 Å². The first-order chi connectivity index (χ1) is 9.51. The molecule has 1 saturated carbocycles.